The number of carboxylic acid groups (broad SMARTS) is 1. The third kappa shape index (κ3) is 5.78. The molecule has 0 unspecified atom stereocenters. The summed E-state index contributed by atoms with van der Waals surface area (Å²) in [4.78, 5) is 49.1. The van der Waals surface area contributed by atoms with Crippen LogP contribution >= 0.6 is 11.6 Å². The molecule has 33 heavy (non-hydrogen) atoms. The molecular weight excluding hydrogens is 450 g/mol. The van der Waals surface area contributed by atoms with Crippen molar-refractivity contribution in [1.82, 2.24) is 15.2 Å². The van der Waals surface area contributed by atoms with Crippen molar-refractivity contribution >= 4 is 29.4 Å². The van der Waals surface area contributed by atoms with Crippen LogP contribution in [0.1, 0.15) is 31.8 Å². The van der Waals surface area contributed by atoms with Gasteiger partial charge in [0.1, 0.15) is 17.9 Å². The summed E-state index contributed by atoms with van der Waals surface area (Å²) in [5.41, 5.74) is -0.578. The Morgan fingerprint density at radius 3 is 2.27 bits per heavy atom. The molecule has 0 aliphatic heterocycles. The number of nitrogens with zero attached hydrogens (tertiary/aromatic N) is 1. The zero-order chi connectivity index (χ0) is 24.0. The van der Waals surface area contributed by atoms with Gasteiger partial charge in [0.25, 0.3) is 17.4 Å². The first-order valence-corrected chi connectivity index (χ1v) is 10.2. The smallest absolute Gasteiger partial charge is 0.322 e. The van der Waals surface area contributed by atoms with E-state index in [1.54, 1.807) is 54.6 Å². The summed E-state index contributed by atoms with van der Waals surface area (Å²) >= 11 is 6.10. The number of aromatic nitrogens is 1. The molecule has 10 heteroatoms. The van der Waals surface area contributed by atoms with Gasteiger partial charge in [0.05, 0.1) is 12.1 Å². The summed E-state index contributed by atoms with van der Waals surface area (Å²) in [6.45, 7) is -0.709. The van der Waals surface area contributed by atoms with E-state index in [9.17, 15) is 24.3 Å². The van der Waals surface area contributed by atoms with Crippen LogP contribution in [0.4, 0.5) is 0 Å². The molecule has 0 fully saturated rings. The Labute approximate surface area is 193 Å². The molecule has 1 heterocycles. The molecule has 4 N–H and O–H groups in total. The molecule has 0 spiro atoms. The first-order valence-electron chi connectivity index (χ1n) is 9.80. The lowest BCUT2D eigenvalue weighted by Crippen LogP contribution is -2.37. The third-order valence-corrected chi connectivity index (χ3v) is 5.09. The van der Waals surface area contributed by atoms with Crippen molar-refractivity contribution in [3.8, 4) is 5.75 Å². The molecule has 0 atom stereocenters. The average molecular weight is 470 g/mol. The average Bonchev–Trinajstić information content (AvgIpc) is 2.79. The minimum absolute atomic E-state index is 0.0178. The Morgan fingerprint density at radius 2 is 1.61 bits per heavy atom. The van der Waals surface area contributed by atoms with E-state index in [1.807, 2.05) is 5.32 Å². The monoisotopic (exact) mass is 469 g/mol. The molecule has 170 valence electrons. The van der Waals surface area contributed by atoms with Crippen LogP contribution in [0.25, 0.3) is 0 Å². The summed E-state index contributed by atoms with van der Waals surface area (Å²) in [7, 11) is 0. The fraction of sp³-hybridized carbons (Fsp3) is 0.130. The van der Waals surface area contributed by atoms with Crippen molar-refractivity contribution in [3.05, 3.63) is 98.4 Å². The van der Waals surface area contributed by atoms with Crippen LogP contribution in [0.15, 0.2) is 65.6 Å². The van der Waals surface area contributed by atoms with Crippen LogP contribution in [-0.2, 0) is 17.9 Å². The van der Waals surface area contributed by atoms with Gasteiger partial charge in [-0.25, -0.2) is 0 Å². The molecule has 0 radical (unpaired) electrons. The van der Waals surface area contributed by atoms with Crippen molar-refractivity contribution in [2.24, 2.45) is 0 Å². The fourth-order valence-corrected chi connectivity index (χ4v) is 3.28. The normalized spacial score (nSPS) is 10.5. The zero-order valence-corrected chi connectivity index (χ0v) is 18.0. The van der Waals surface area contributed by atoms with Gasteiger partial charge in [0.15, 0.2) is 0 Å². The number of rotatable bonds is 8. The van der Waals surface area contributed by atoms with Crippen LogP contribution in [0.2, 0.25) is 5.02 Å². The number of aromatic hydroxyl groups is 1. The van der Waals surface area contributed by atoms with Crippen molar-refractivity contribution in [3.63, 3.8) is 0 Å². The molecule has 0 aliphatic rings. The second-order valence-electron chi connectivity index (χ2n) is 7.04. The quantitative estimate of drug-likeness (QED) is 0.398. The van der Waals surface area contributed by atoms with E-state index in [2.05, 4.69) is 5.32 Å². The summed E-state index contributed by atoms with van der Waals surface area (Å²) in [6, 6.07) is 15.7. The molecule has 9 nitrogen and oxygen atoms in total. The van der Waals surface area contributed by atoms with Gasteiger partial charge in [-0.3, -0.25) is 19.2 Å². The van der Waals surface area contributed by atoms with Crippen LogP contribution < -0.4 is 16.2 Å². The third-order valence-electron chi connectivity index (χ3n) is 4.72. The Hall–Kier alpha value is -4.11. The van der Waals surface area contributed by atoms with Crippen molar-refractivity contribution in [1.29, 1.82) is 0 Å². The highest BCUT2D eigenvalue weighted by molar-refractivity contribution is 6.31. The molecule has 2 amide bonds. The molecule has 0 bridgehead atoms. The second kappa shape index (κ2) is 10.5. The van der Waals surface area contributed by atoms with E-state index in [-0.39, 0.29) is 18.7 Å². The maximum Gasteiger partial charge on any atom is 0.322 e. The number of benzene rings is 2. The molecule has 2 aromatic carbocycles. The zero-order valence-electron chi connectivity index (χ0n) is 17.2. The van der Waals surface area contributed by atoms with Crippen LogP contribution in [-0.4, -0.2) is 39.1 Å². The SMILES string of the molecule is O=C(O)CNC(=O)c1c(O)c(C(=O)NCc2ccccc2Cl)cn(Cc2ccccc2)c1=O. The number of carbonyl (C=O) groups is 3. The van der Waals surface area contributed by atoms with Gasteiger partial charge < -0.3 is 25.4 Å². The van der Waals surface area contributed by atoms with Crippen LogP contribution in [0.5, 0.6) is 5.75 Å². The predicted octanol–water partition coefficient (Wildman–Crippen LogP) is 2.00. The molecule has 3 rings (SSSR count). The summed E-state index contributed by atoms with van der Waals surface area (Å²) in [5, 5.41) is 24.5. The molecule has 3 aromatic rings. The highest BCUT2D eigenvalue weighted by atomic mass is 35.5. The number of carboxylic acids is 1. The number of carbonyl (C=O) groups excluding carboxylic acids is 2. The van der Waals surface area contributed by atoms with E-state index < -0.39 is 41.2 Å². The Balaban J connectivity index is 1.99. The number of halogens is 1. The molecule has 0 aliphatic carbocycles. The van der Waals surface area contributed by atoms with E-state index in [0.717, 1.165) is 10.8 Å². The van der Waals surface area contributed by atoms with E-state index in [4.69, 9.17) is 16.7 Å². The Morgan fingerprint density at radius 1 is 0.939 bits per heavy atom. The number of nitrogens with one attached hydrogen (secondary N) is 2. The number of amides is 2. The largest absolute Gasteiger partial charge is 0.506 e. The second-order valence-corrected chi connectivity index (χ2v) is 7.44. The lowest BCUT2D eigenvalue weighted by molar-refractivity contribution is -0.135. The van der Waals surface area contributed by atoms with Gasteiger partial charge >= 0.3 is 5.97 Å². The maximum atomic E-state index is 12.9. The first-order chi connectivity index (χ1) is 15.8. The molecular formula is C23H20ClN3O6. The van der Waals surface area contributed by atoms with Crippen LogP contribution in [0, 0.1) is 0 Å². The highest BCUT2D eigenvalue weighted by Crippen LogP contribution is 2.21. The summed E-state index contributed by atoms with van der Waals surface area (Å²) < 4.78 is 1.11. The van der Waals surface area contributed by atoms with E-state index in [1.165, 1.54) is 0 Å². The Bertz CT molecular complexity index is 1260. The molecule has 1 aromatic heterocycles. The minimum atomic E-state index is -1.33. The summed E-state index contributed by atoms with van der Waals surface area (Å²) in [6.07, 6.45) is 1.15. The predicted molar refractivity (Wildman–Crippen MR) is 121 cm³/mol. The number of hydrogen-bond donors (Lipinski definition) is 4. The Kier molecular flexibility index (Phi) is 7.47. The first kappa shape index (κ1) is 23.6. The lowest BCUT2D eigenvalue weighted by atomic mass is 10.1. The van der Waals surface area contributed by atoms with E-state index >= 15 is 0 Å². The molecule has 0 saturated carbocycles. The fourth-order valence-electron chi connectivity index (χ4n) is 3.08. The van der Waals surface area contributed by atoms with Crippen LogP contribution in [0.3, 0.4) is 0 Å². The number of hydrogen-bond acceptors (Lipinski definition) is 5. The van der Waals surface area contributed by atoms with Gasteiger partial charge in [0, 0.05) is 17.8 Å². The molecule has 0 saturated heterocycles. The standard InChI is InChI=1S/C23H20ClN3O6/c24-17-9-5-4-8-15(17)10-25-21(31)16-13-27(12-14-6-2-1-3-7-14)23(33)19(20(16)30)22(32)26-11-18(28)29/h1-9,13,30H,10-12H2,(H,25,31)(H,26,32)(H,28,29). The van der Waals surface area contributed by atoms with Gasteiger partial charge in [-0.2, -0.15) is 0 Å². The minimum Gasteiger partial charge on any atom is -0.506 e. The van der Waals surface area contributed by atoms with Gasteiger partial charge in [-0.1, -0.05) is 60.1 Å². The van der Waals surface area contributed by atoms with E-state index in [0.29, 0.717) is 16.1 Å². The number of aliphatic carboxylic acids is 1. The highest BCUT2D eigenvalue weighted by Gasteiger charge is 2.25. The van der Waals surface area contributed by atoms with Gasteiger partial charge in [-0.15, -0.1) is 0 Å². The topological polar surface area (TPSA) is 138 Å². The maximum absolute atomic E-state index is 12.9. The van der Waals surface area contributed by atoms with Crippen molar-refractivity contribution in [2.45, 2.75) is 13.1 Å². The van der Waals surface area contributed by atoms with Gasteiger partial charge in [0.2, 0.25) is 0 Å². The van der Waals surface area contributed by atoms with Crippen molar-refractivity contribution in [2.75, 3.05) is 6.54 Å². The van der Waals surface area contributed by atoms with Crippen molar-refractivity contribution < 1.29 is 24.6 Å². The van der Waals surface area contributed by atoms with Gasteiger partial charge in [-0.05, 0) is 17.2 Å². The lowest BCUT2D eigenvalue weighted by Gasteiger charge is -2.15. The summed E-state index contributed by atoms with van der Waals surface area (Å²) in [5.74, 6) is -4.03. The number of pyridine rings is 1.